The molecule has 0 aliphatic carbocycles. The number of anilines is 1. The van der Waals surface area contributed by atoms with Gasteiger partial charge in [0.2, 0.25) is 0 Å². The molecule has 2 aromatic carbocycles. The third-order valence-corrected chi connectivity index (χ3v) is 7.66. The van der Waals surface area contributed by atoms with E-state index in [1.807, 2.05) is 37.8 Å². The number of aromatic nitrogens is 1. The van der Waals surface area contributed by atoms with Gasteiger partial charge >= 0.3 is 0 Å². The van der Waals surface area contributed by atoms with Gasteiger partial charge in [-0.05, 0) is 87.6 Å². The van der Waals surface area contributed by atoms with Crippen LogP contribution in [0.25, 0.3) is 11.6 Å². The monoisotopic (exact) mass is 530 g/mol. The van der Waals surface area contributed by atoms with E-state index in [0.29, 0.717) is 38.7 Å². The molecule has 196 valence electrons. The zero-order valence-electron chi connectivity index (χ0n) is 21.8. The lowest BCUT2D eigenvalue weighted by atomic mass is 10.0. The van der Waals surface area contributed by atoms with Gasteiger partial charge in [0.15, 0.2) is 0 Å². The molecule has 3 amide bonds. The van der Waals surface area contributed by atoms with Gasteiger partial charge in [-0.15, -0.1) is 0 Å². The molecule has 1 atom stereocenters. The number of rotatable bonds is 5. The van der Waals surface area contributed by atoms with Crippen LogP contribution >= 0.6 is 11.6 Å². The maximum absolute atomic E-state index is 13.2. The Kier molecular flexibility index (Phi) is 7.13. The average molecular weight is 531 g/mol. The fraction of sp³-hybridized carbons (Fsp3) is 0.300. The summed E-state index contributed by atoms with van der Waals surface area (Å²) in [5, 5.41) is 6.52. The third kappa shape index (κ3) is 4.98. The predicted molar refractivity (Wildman–Crippen MR) is 150 cm³/mol. The van der Waals surface area contributed by atoms with Crippen LogP contribution < -0.4 is 10.6 Å². The number of piperidine rings is 1. The summed E-state index contributed by atoms with van der Waals surface area (Å²) in [6, 6.07) is 12.3. The number of benzene rings is 2. The zero-order chi connectivity index (χ0) is 27.0. The minimum Gasteiger partial charge on any atom is -0.358 e. The van der Waals surface area contributed by atoms with Crippen LogP contribution in [0.15, 0.2) is 42.5 Å². The molecule has 3 heterocycles. The van der Waals surface area contributed by atoms with Crippen LogP contribution in [0, 0.1) is 13.8 Å². The van der Waals surface area contributed by atoms with Crippen molar-refractivity contribution >= 4 is 46.7 Å². The number of aryl methyl sites for hydroxylation is 1. The molecule has 3 aromatic rings. The quantitative estimate of drug-likeness (QED) is 0.359. The molecule has 0 unspecified atom stereocenters. The second-order valence-corrected chi connectivity index (χ2v) is 10.5. The normalized spacial score (nSPS) is 16.8. The number of carbonyl (C=O) groups is 3. The number of fused-ring (bicyclic) bond motifs is 1. The summed E-state index contributed by atoms with van der Waals surface area (Å²) in [6.45, 7) is 7.25. The largest absolute Gasteiger partial charge is 0.358 e. The lowest BCUT2D eigenvalue weighted by molar-refractivity contribution is -0.110. The van der Waals surface area contributed by atoms with E-state index in [2.05, 4.69) is 15.6 Å². The number of H-pyrrole nitrogens is 1. The van der Waals surface area contributed by atoms with Crippen LogP contribution in [0.1, 0.15) is 81.0 Å². The van der Waals surface area contributed by atoms with Gasteiger partial charge in [-0.2, -0.15) is 0 Å². The number of nitrogens with one attached hydrogen (secondary N) is 3. The Bertz CT molecular complexity index is 1450. The smallest absolute Gasteiger partial charge is 0.256 e. The molecular weight excluding hydrogens is 500 g/mol. The highest BCUT2D eigenvalue weighted by atomic mass is 35.5. The molecule has 2 aliphatic rings. The molecule has 1 fully saturated rings. The van der Waals surface area contributed by atoms with Crippen molar-refractivity contribution in [1.82, 2.24) is 15.2 Å². The Balaban J connectivity index is 1.41. The Labute approximate surface area is 227 Å². The Hall–Kier alpha value is -3.84. The van der Waals surface area contributed by atoms with Crippen LogP contribution in [0.5, 0.6) is 0 Å². The van der Waals surface area contributed by atoms with Gasteiger partial charge in [0.1, 0.15) is 0 Å². The van der Waals surface area contributed by atoms with Crippen molar-refractivity contribution < 1.29 is 14.4 Å². The summed E-state index contributed by atoms with van der Waals surface area (Å²) in [5.41, 5.74) is 6.12. The number of halogens is 1. The molecule has 1 aromatic heterocycles. The first-order chi connectivity index (χ1) is 18.2. The van der Waals surface area contributed by atoms with Crippen LogP contribution in [-0.2, 0) is 4.79 Å². The maximum atomic E-state index is 13.2. The number of nitrogens with zero attached hydrogens (tertiary/aromatic N) is 1. The average Bonchev–Trinajstić information content (AvgIpc) is 3.38. The van der Waals surface area contributed by atoms with Crippen LogP contribution in [0.2, 0.25) is 5.02 Å². The molecule has 2 aliphatic heterocycles. The van der Waals surface area contributed by atoms with Gasteiger partial charge in [-0.25, -0.2) is 0 Å². The molecule has 0 saturated carbocycles. The highest BCUT2D eigenvalue weighted by Gasteiger charge is 2.28. The van der Waals surface area contributed by atoms with Gasteiger partial charge in [0.25, 0.3) is 17.7 Å². The Morgan fingerprint density at radius 1 is 1.05 bits per heavy atom. The predicted octanol–water partition coefficient (Wildman–Crippen LogP) is 5.89. The Morgan fingerprint density at radius 2 is 1.76 bits per heavy atom. The van der Waals surface area contributed by atoms with Crippen molar-refractivity contribution in [1.29, 1.82) is 0 Å². The van der Waals surface area contributed by atoms with Crippen molar-refractivity contribution in [3.63, 3.8) is 0 Å². The summed E-state index contributed by atoms with van der Waals surface area (Å²) in [6.07, 6.45) is 4.97. The maximum Gasteiger partial charge on any atom is 0.256 e. The molecule has 3 N–H and O–H groups in total. The molecule has 1 saturated heterocycles. The minimum absolute atomic E-state index is 0.0330. The van der Waals surface area contributed by atoms with E-state index in [1.54, 1.807) is 36.4 Å². The first-order valence-corrected chi connectivity index (χ1v) is 13.3. The summed E-state index contributed by atoms with van der Waals surface area (Å²) >= 11 is 5.98. The highest BCUT2D eigenvalue weighted by molar-refractivity contribution is 6.35. The summed E-state index contributed by atoms with van der Waals surface area (Å²) in [5.74, 6) is -0.455. The minimum atomic E-state index is -0.248. The number of aromatic amines is 1. The number of likely N-dealkylation sites (tertiary alicyclic amines) is 1. The molecule has 38 heavy (non-hydrogen) atoms. The van der Waals surface area contributed by atoms with E-state index in [1.165, 1.54) is 0 Å². The molecular formula is C30H31ClN4O3. The molecule has 0 bridgehead atoms. The molecule has 7 nitrogen and oxygen atoms in total. The van der Waals surface area contributed by atoms with Crippen molar-refractivity contribution in [3.05, 3.63) is 86.7 Å². The molecule has 0 spiro atoms. The fourth-order valence-electron chi connectivity index (χ4n) is 5.23. The van der Waals surface area contributed by atoms with E-state index in [-0.39, 0.29) is 23.8 Å². The topological polar surface area (TPSA) is 94.3 Å². The van der Waals surface area contributed by atoms with E-state index >= 15 is 0 Å². The number of amides is 3. The number of carbonyl (C=O) groups excluding carboxylic acids is 3. The van der Waals surface area contributed by atoms with Crippen LogP contribution in [0.4, 0.5) is 5.69 Å². The standard InChI is InChI=1S/C30H31ClN4O3/c1-17-26(32-19(3)27(17)30(38)35-13-5-4-6-14-35)16-24-23-15-21(9-12-25(23)34-29(24)37)28(36)33-18(2)20-7-10-22(31)11-8-20/h7-12,15-16,18,32H,4-6,13-14H2,1-3H3,(H,33,36)(H,34,37)/b24-16-/t18-/m1/s1. The van der Waals surface area contributed by atoms with E-state index in [9.17, 15) is 14.4 Å². The van der Waals surface area contributed by atoms with E-state index in [4.69, 9.17) is 11.6 Å². The van der Waals surface area contributed by atoms with Gasteiger partial charge < -0.3 is 20.5 Å². The number of hydrogen-bond donors (Lipinski definition) is 3. The lowest BCUT2D eigenvalue weighted by Crippen LogP contribution is -2.36. The second-order valence-electron chi connectivity index (χ2n) is 10.0. The van der Waals surface area contributed by atoms with Crippen molar-refractivity contribution in [2.24, 2.45) is 0 Å². The van der Waals surface area contributed by atoms with Crippen molar-refractivity contribution in [2.75, 3.05) is 18.4 Å². The summed E-state index contributed by atoms with van der Waals surface area (Å²) in [7, 11) is 0. The lowest BCUT2D eigenvalue weighted by Gasteiger charge is -2.27. The summed E-state index contributed by atoms with van der Waals surface area (Å²) < 4.78 is 0. The molecule has 8 heteroatoms. The molecule has 0 radical (unpaired) electrons. The third-order valence-electron chi connectivity index (χ3n) is 7.40. The van der Waals surface area contributed by atoms with Gasteiger partial charge in [-0.3, -0.25) is 14.4 Å². The first kappa shape index (κ1) is 25.8. The van der Waals surface area contributed by atoms with Crippen LogP contribution in [-0.4, -0.2) is 40.7 Å². The zero-order valence-corrected chi connectivity index (χ0v) is 22.5. The first-order valence-electron chi connectivity index (χ1n) is 12.9. The highest BCUT2D eigenvalue weighted by Crippen LogP contribution is 2.35. The summed E-state index contributed by atoms with van der Waals surface area (Å²) in [4.78, 5) is 44.4. The fourth-order valence-corrected chi connectivity index (χ4v) is 5.35. The van der Waals surface area contributed by atoms with Crippen molar-refractivity contribution in [2.45, 2.75) is 46.1 Å². The second kappa shape index (κ2) is 10.5. The van der Waals surface area contributed by atoms with Gasteiger partial charge in [-0.1, -0.05) is 23.7 Å². The van der Waals surface area contributed by atoms with Crippen LogP contribution in [0.3, 0.4) is 0 Å². The van der Waals surface area contributed by atoms with E-state index in [0.717, 1.165) is 49.2 Å². The van der Waals surface area contributed by atoms with Gasteiger partial charge in [0.05, 0.1) is 17.2 Å². The SMILES string of the molecule is Cc1[nH]c(/C=C2\C(=O)Nc3ccc(C(=O)N[C@H](C)c4ccc(Cl)cc4)cc32)c(C)c1C(=O)N1CCCCC1. The van der Waals surface area contributed by atoms with E-state index < -0.39 is 0 Å². The van der Waals surface area contributed by atoms with Crippen molar-refractivity contribution in [3.8, 4) is 0 Å². The van der Waals surface area contributed by atoms with Gasteiger partial charge in [0, 0.05) is 46.3 Å². The molecule has 5 rings (SSSR count). The Morgan fingerprint density at radius 3 is 2.47 bits per heavy atom. The number of hydrogen-bond acceptors (Lipinski definition) is 3.